The maximum absolute atomic E-state index is 9.97. The van der Waals surface area contributed by atoms with Gasteiger partial charge in [0.15, 0.2) is 0 Å². The molecule has 0 aromatic heterocycles. The highest BCUT2D eigenvalue weighted by Crippen LogP contribution is 2.18. The molecule has 0 saturated heterocycles. The van der Waals surface area contributed by atoms with Crippen LogP contribution in [0.15, 0.2) is 18.2 Å². The molecule has 1 rings (SSSR count). The van der Waals surface area contributed by atoms with Gasteiger partial charge in [-0.1, -0.05) is 24.6 Å². The van der Waals surface area contributed by atoms with Crippen LogP contribution in [-0.2, 0) is 0 Å². The summed E-state index contributed by atoms with van der Waals surface area (Å²) in [7, 11) is 0. The minimum absolute atomic E-state index is 0.326. The van der Waals surface area contributed by atoms with Crippen LogP contribution in [0.3, 0.4) is 0 Å². The summed E-state index contributed by atoms with van der Waals surface area (Å²) in [6.07, 6.45) is 2.70. The Hall–Kier alpha value is -0.710. The zero-order valence-electron chi connectivity index (χ0n) is 13.0. The van der Waals surface area contributed by atoms with Crippen LogP contribution in [0.5, 0.6) is 5.75 Å². The summed E-state index contributed by atoms with van der Waals surface area (Å²) < 4.78 is 5.68. The third kappa shape index (κ3) is 6.16. The van der Waals surface area contributed by atoms with Gasteiger partial charge in [0.2, 0.25) is 0 Å². The maximum Gasteiger partial charge on any atom is 0.122 e. The molecule has 0 aliphatic carbocycles. The van der Waals surface area contributed by atoms with E-state index in [2.05, 4.69) is 31.5 Å². The van der Waals surface area contributed by atoms with E-state index in [1.54, 1.807) is 0 Å². The minimum Gasteiger partial charge on any atom is -0.491 e. The van der Waals surface area contributed by atoms with E-state index in [0.29, 0.717) is 19.2 Å². The highest BCUT2D eigenvalue weighted by Gasteiger charge is 2.10. The highest BCUT2D eigenvalue weighted by molar-refractivity contribution is 7.98. The zero-order valence-corrected chi connectivity index (χ0v) is 13.8. The molecule has 20 heavy (non-hydrogen) atoms. The molecule has 4 heteroatoms. The lowest BCUT2D eigenvalue weighted by Gasteiger charge is -2.19. The Morgan fingerprint density at radius 1 is 1.35 bits per heavy atom. The van der Waals surface area contributed by atoms with Crippen molar-refractivity contribution in [1.29, 1.82) is 0 Å². The number of nitrogens with one attached hydrogen (secondary N) is 1. The molecular formula is C16H27NO2S. The second-order valence-corrected chi connectivity index (χ2v) is 6.11. The number of aliphatic hydroxyl groups excluding tert-OH is 1. The standard InChI is InChI=1S/C16H27NO2S/c1-5-14(11-20-4)17-9-15(18)10-19-16-7-6-12(2)8-13(16)3/h6-8,14-15,17-18H,5,9-11H2,1-4H3. The lowest BCUT2D eigenvalue weighted by Crippen LogP contribution is -2.39. The number of hydrogen-bond donors (Lipinski definition) is 2. The third-order valence-electron chi connectivity index (χ3n) is 3.26. The summed E-state index contributed by atoms with van der Waals surface area (Å²) in [5.74, 6) is 1.92. The SMILES string of the molecule is CCC(CSC)NCC(O)COc1ccc(C)cc1C. The first-order chi connectivity index (χ1) is 9.56. The Morgan fingerprint density at radius 2 is 2.10 bits per heavy atom. The van der Waals surface area contributed by atoms with E-state index >= 15 is 0 Å². The molecular weight excluding hydrogens is 270 g/mol. The largest absolute Gasteiger partial charge is 0.491 e. The van der Waals surface area contributed by atoms with Crippen molar-refractivity contribution in [2.45, 2.75) is 39.3 Å². The van der Waals surface area contributed by atoms with E-state index in [4.69, 9.17) is 4.74 Å². The molecule has 2 atom stereocenters. The van der Waals surface area contributed by atoms with Gasteiger partial charge in [0, 0.05) is 18.3 Å². The van der Waals surface area contributed by atoms with E-state index in [1.807, 2.05) is 30.8 Å². The van der Waals surface area contributed by atoms with E-state index in [0.717, 1.165) is 23.5 Å². The van der Waals surface area contributed by atoms with Crippen molar-refractivity contribution < 1.29 is 9.84 Å². The van der Waals surface area contributed by atoms with Crippen molar-refractivity contribution in [3.63, 3.8) is 0 Å². The molecule has 0 aliphatic rings. The molecule has 0 radical (unpaired) electrons. The minimum atomic E-state index is -0.480. The molecule has 0 amide bonds. The Labute approximate surface area is 127 Å². The molecule has 0 spiro atoms. The molecule has 0 bridgehead atoms. The first-order valence-electron chi connectivity index (χ1n) is 7.17. The van der Waals surface area contributed by atoms with E-state index < -0.39 is 6.10 Å². The van der Waals surface area contributed by atoms with Crippen molar-refractivity contribution in [2.24, 2.45) is 0 Å². The molecule has 2 N–H and O–H groups in total. The number of aliphatic hydroxyl groups is 1. The Bertz CT molecular complexity index is 398. The summed E-state index contributed by atoms with van der Waals surface area (Å²) in [6, 6.07) is 6.54. The summed E-state index contributed by atoms with van der Waals surface area (Å²) >= 11 is 1.82. The molecule has 114 valence electrons. The maximum atomic E-state index is 9.97. The summed E-state index contributed by atoms with van der Waals surface area (Å²) in [4.78, 5) is 0. The molecule has 3 nitrogen and oxygen atoms in total. The van der Waals surface area contributed by atoms with Crippen LogP contribution in [-0.4, -0.2) is 42.4 Å². The van der Waals surface area contributed by atoms with Crippen molar-refractivity contribution in [1.82, 2.24) is 5.32 Å². The second kappa shape index (κ2) is 9.27. The normalized spacial score (nSPS) is 14.1. The number of ether oxygens (including phenoxy) is 1. The van der Waals surface area contributed by atoms with Gasteiger partial charge in [0.25, 0.3) is 0 Å². The Kier molecular flexibility index (Phi) is 8.04. The van der Waals surface area contributed by atoms with Gasteiger partial charge in [-0.2, -0.15) is 11.8 Å². The van der Waals surface area contributed by atoms with Gasteiger partial charge in [-0.3, -0.25) is 0 Å². The average Bonchev–Trinajstić information content (AvgIpc) is 2.42. The number of hydrogen-bond acceptors (Lipinski definition) is 4. The fraction of sp³-hybridized carbons (Fsp3) is 0.625. The van der Waals surface area contributed by atoms with Gasteiger partial charge in [-0.05, 0) is 38.2 Å². The van der Waals surface area contributed by atoms with Gasteiger partial charge in [0.05, 0.1) is 0 Å². The molecule has 0 aliphatic heterocycles. The van der Waals surface area contributed by atoms with Gasteiger partial charge >= 0.3 is 0 Å². The van der Waals surface area contributed by atoms with Crippen molar-refractivity contribution in [3.8, 4) is 5.75 Å². The van der Waals surface area contributed by atoms with Crippen LogP contribution in [0.2, 0.25) is 0 Å². The first-order valence-corrected chi connectivity index (χ1v) is 8.56. The first kappa shape index (κ1) is 17.3. The third-order valence-corrected chi connectivity index (χ3v) is 4.00. The Morgan fingerprint density at radius 3 is 2.70 bits per heavy atom. The van der Waals surface area contributed by atoms with Crippen LogP contribution in [0, 0.1) is 13.8 Å². The van der Waals surface area contributed by atoms with Crippen LogP contribution in [0.25, 0.3) is 0 Å². The van der Waals surface area contributed by atoms with Crippen LogP contribution in [0.4, 0.5) is 0 Å². The summed E-state index contributed by atoms with van der Waals surface area (Å²) in [5.41, 5.74) is 2.33. The summed E-state index contributed by atoms with van der Waals surface area (Å²) in [5, 5.41) is 13.4. The van der Waals surface area contributed by atoms with E-state index in [-0.39, 0.29) is 0 Å². The fourth-order valence-corrected chi connectivity index (χ4v) is 2.79. The number of aryl methyl sites for hydroxylation is 2. The number of rotatable bonds is 9. The van der Waals surface area contributed by atoms with Gasteiger partial charge in [-0.25, -0.2) is 0 Å². The fourth-order valence-electron chi connectivity index (χ4n) is 2.03. The predicted octanol–water partition coefficient (Wildman–Crippen LogP) is 2.77. The lowest BCUT2D eigenvalue weighted by atomic mass is 10.1. The van der Waals surface area contributed by atoms with Crippen LogP contribution < -0.4 is 10.1 Å². The van der Waals surface area contributed by atoms with Crippen molar-refractivity contribution >= 4 is 11.8 Å². The highest BCUT2D eigenvalue weighted by atomic mass is 32.2. The molecule has 0 saturated carbocycles. The number of benzene rings is 1. The molecule has 0 fully saturated rings. The summed E-state index contributed by atoms with van der Waals surface area (Å²) in [6.45, 7) is 7.15. The molecule has 0 heterocycles. The Balaban J connectivity index is 2.33. The number of thioether (sulfide) groups is 1. The smallest absolute Gasteiger partial charge is 0.122 e. The van der Waals surface area contributed by atoms with Crippen LogP contribution in [0.1, 0.15) is 24.5 Å². The average molecular weight is 297 g/mol. The van der Waals surface area contributed by atoms with Crippen LogP contribution >= 0.6 is 11.8 Å². The lowest BCUT2D eigenvalue weighted by molar-refractivity contribution is 0.104. The quantitative estimate of drug-likeness (QED) is 0.735. The van der Waals surface area contributed by atoms with Crippen molar-refractivity contribution in [2.75, 3.05) is 25.2 Å². The second-order valence-electron chi connectivity index (χ2n) is 5.20. The van der Waals surface area contributed by atoms with Gasteiger partial charge < -0.3 is 15.2 Å². The van der Waals surface area contributed by atoms with E-state index in [1.165, 1.54) is 5.56 Å². The molecule has 2 unspecified atom stereocenters. The van der Waals surface area contributed by atoms with Gasteiger partial charge in [0.1, 0.15) is 18.5 Å². The molecule has 1 aromatic carbocycles. The van der Waals surface area contributed by atoms with Gasteiger partial charge in [-0.15, -0.1) is 0 Å². The van der Waals surface area contributed by atoms with E-state index in [9.17, 15) is 5.11 Å². The predicted molar refractivity (Wildman–Crippen MR) is 87.9 cm³/mol. The monoisotopic (exact) mass is 297 g/mol. The zero-order chi connectivity index (χ0) is 15.0. The molecule has 1 aromatic rings. The topological polar surface area (TPSA) is 41.5 Å². The van der Waals surface area contributed by atoms with Crippen molar-refractivity contribution in [3.05, 3.63) is 29.3 Å².